The van der Waals surface area contributed by atoms with Gasteiger partial charge in [0.15, 0.2) is 0 Å². The van der Waals surface area contributed by atoms with Gasteiger partial charge >= 0.3 is 0 Å². The Balaban J connectivity index is 2.15. The first-order valence-electron chi connectivity index (χ1n) is 7.65. The molecule has 0 aromatic heterocycles. The highest BCUT2D eigenvalue weighted by molar-refractivity contribution is 5.99. The Hall–Kier alpha value is -1.58. The molecule has 21 heavy (non-hydrogen) atoms. The van der Waals surface area contributed by atoms with Gasteiger partial charge in [-0.2, -0.15) is 0 Å². The van der Waals surface area contributed by atoms with Crippen LogP contribution in [0.1, 0.15) is 56.8 Å². The second kappa shape index (κ2) is 6.04. The lowest BCUT2D eigenvalue weighted by Gasteiger charge is -2.40. The van der Waals surface area contributed by atoms with E-state index in [1.54, 1.807) is 0 Å². The molecular formula is C17H25FN2O. The lowest BCUT2D eigenvalue weighted by atomic mass is 9.69. The summed E-state index contributed by atoms with van der Waals surface area (Å²) >= 11 is 0. The quantitative estimate of drug-likeness (QED) is 0.816. The van der Waals surface area contributed by atoms with Crippen molar-refractivity contribution in [2.45, 2.75) is 52.5 Å². The maximum absolute atomic E-state index is 13.3. The van der Waals surface area contributed by atoms with Gasteiger partial charge in [-0.15, -0.1) is 0 Å². The molecule has 1 amide bonds. The third-order valence-electron chi connectivity index (χ3n) is 4.45. The molecule has 116 valence electrons. The number of anilines is 1. The van der Waals surface area contributed by atoms with Gasteiger partial charge in [0.2, 0.25) is 0 Å². The van der Waals surface area contributed by atoms with Crippen molar-refractivity contribution in [2.75, 3.05) is 5.73 Å². The van der Waals surface area contributed by atoms with E-state index in [-0.39, 0.29) is 22.9 Å². The highest BCUT2D eigenvalue weighted by atomic mass is 19.1. The van der Waals surface area contributed by atoms with Crippen LogP contribution in [0, 0.1) is 17.2 Å². The van der Waals surface area contributed by atoms with Crippen molar-refractivity contribution in [1.29, 1.82) is 0 Å². The predicted octanol–water partition coefficient (Wildman–Crippen LogP) is 3.74. The zero-order valence-corrected chi connectivity index (χ0v) is 13.1. The second-order valence-corrected chi connectivity index (χ2v) is 7.07. The van der Waals surface area contributed by atoms with Crippen molar-refractivity contribution in [3.63, 3.8) is 0 Å². The molecule has 2 unspecified atom stereocenters. The molecular weight excluding hydrogens is 267 g/mol. The Labute approximate surface area is 126 Å². The van der Waals surface area contributed by atoms with E-state index in [1.807, 2.05) is 0 Å². The molecule has 0 bridgehead atoms. The first-order valence-corrected chi connectivity index (χ1v) is 7.65. The lowest BCUT2D eigenvalue weighted by molar-refractivity contribution is 0.0830. The number of rotatable bonds is 2. The van der Waals surface area contributed by atoms with Crippen LogP contribution in [0.5, 0.6) is 0 Å². The van der Waals surface area contributed by atoms with Crippen LogP contribution < -0.4 is 11.1 Å². The number of nitrogens with one attached hydrogen (secondary N) is 1. The maximum atomic E-state index is 13.3. The average molecular weight is 292 g/mol. The topological polar surface area (TPSA) is 55.1 Å². The number of nitrogen functional groups attached to an aromatic ring is 1. The van der Waals surface area contributed by atoms with E-state index >= 15 is 0 Å². The van der Waals surface area contributed by atoms with Crippen molar-refractivity contribution in [3.8, 4) is 0 Å². The summed E-state index contributed by atoms with van der Waals surface area (Å²) in [5, 5.41) is 3.07. The van der Waals surface area contributed by atoms with Gasteiger partial charge in [-0.05, 0) is 42.4 Å². The summed E-state index contributed by atoms with van der Waals surface area (Å²) in [6, 6.07) is 4.05. The van der Waals surface area contributed by atoms with Crippen molar-refractivity contribution < 1.29 is 9.18 Å². The van der Waals surface area contributed by atoms with Gasteiger partial charge < -0.3 is 11.1 Å². The summed E-state index contributed by atoms with van der Waals surface area (Å²) in [5.74, 6) is -0.275. The molecule has 0 aliphatic heterocycles. The summed E-state index contributed by atoms with van der Waals surface area (Å²) < 4.78 is 13.3. The van der Waals surface area contributed by atoms with Crippen LogP contribution >= 0.6 is 0 Å². The van der Waals surface area contributed by atoms with E-state index in [1.165, 1.54) is 24.6 Å². The number of amides is 1. The molecule has 1 aromatic carbocycles. The number of halogens is 1. The van der Waals surface area contributed by atoms with Crippen LogP contribution in [0.25, 0.3) is 0 Å². The van der Waals surface area contributed by atoms with E-state index in [0.29, 0.717) is 11.6 Å². The van der Waals surface area contributed by atoms with E-state index in [2.05, 4.69) is 26.1 Å². The Morgan fingerprint density at radius 3 is 2.62 bits per heavy atom. The van der Waals surface area contributed by atoms with Crippen LogP contribution in [0.3, 0.4) is 0 Å². The van der Waals surface area contributed by atoms with Gasteiger partial charge in [-0.3, -0.25) is 4.79 Å². The Morgan fingerprint density at radius 1 is 1.29 bits per heavy atom. The van der Waals surface area contributed by atoms with Crippen molar-refractivity contribution >= 4 is 11.6 Å². The zero-order valence-electron chi connectivity index (χ0n) is 13.1. The average Bonchev–Trinajstić information content (AvgIpc) is 2.41. The van der Waals surface area contributed by atoms with Gasteiger partial charge in [0, 0.05) is 11.7 Å². The van der Waals surface area contributed by atoms with E-state index in [0.717, 1.165) is 19.3 Å². The van der Waals surface area contributed by atoms with E-state index in [4.69, 9.17) is 5.73 Å². The molecule has 3 N–H and O–H groups in total. The number of hydrogen-bond acceptors (Lipinski definition) is 2. The largest absolute Gasteiger partial charge is 0.398 e. The highest BCUT2D eigenvalue weighted by Crippen LogP contribution is 2.38. The molecule has 0 spiro atoms. The Kier molecular flexibility index (Phi) is 4.55. The van der Waals surface area contributed by atoms with Crippen LogP contribution in [0.15, 0.2) is 18.2 Å². The standard InChI is InChI=1S/C17H25FN2O/c1-17(2,3)13-6-4-5-7-15(13)20-16(21)12-10-11(18)8-9-14(12)19/h8-10,13,15H,4-7,19H2,1-3H3,(H,20,21). The summed E-state index contributed by atoms with van der Waals surface area (Å²) in [5.41, 5.74) is 6.48. The number of benzene rings is 1. The fraction of sp³-hybridized carbons (Fsp3) is 0.588. The number of nitrogens with two attached hydrogens (primary N) is 1. The smallest absolute Gasteiger partial charge is 0.253 e. The maximum Gasteiger partial charge on any atom is 0.253 e. The van der Waals surface area contributed by atoms with E-state index in [9.17, 15) is 9.18 Å². The minimum atomic E-state index is -0.439. The molecule has 0 saturated heterocycles. The van der Waals surface area contributed by atoms with Crippen molar-refractivity contribution in [1.82, 2.24) is 5.32 Å². The minimum Gasteiger partial charge on any atom is -0.398 e. The molecule has 0 heterocycles. The number of hydrogen-bond donors (Lipinski definition) is 2. The zero-order chi connectivity index (χ0) is 15.6. The van der Waals surface area contributed by atoms with E-state index < -0.39 is 5.82 Å². The molecule has 2 rings (SSSR count). The molecule has 1 aliphatic rings. The Morgan fingerprint density at radius 2 is 1.95 bits per heavy atom. The van der Waals surface area contributed by atoms with Crippen LogP contribution in [0.4, 0.5) is 10.1 Å². The number of carbonyl (C=O) groups excluding carboxylic acids is 1. The SMILES string of the molecule is CC(C)(C)C1CCCCC1NC(=O)c1cc(F)ccc1N. The molecule has 1 fully saturated rings. The lowest BCUT2D eigenvalue weighted by Crippen LogP contribution is -2.46. The normalized spacial score (nSPS) is 22.9. The third-order valence-corrected chi connectivity index (χ3v) is 4.45. The summed E-state index contributed by atoms with van der Waals surface area (Å²) in [6.07, 6.45) is 4.42. The van der Waals surface area contributed by atoms with Gasteiger partial charge in [0.25, 0.3) is 5.91 Å². The first-order chi connectivity index (χ1) is 9.79. The van der Waals surface area contributed by atoms with Gasteiger partial charge in [-0.1, -0.05) is 33.6 Å². The predicted molar refractivity (Wildman–Crippen MR) is 83.5 cm³/mol. The van der Waals surface area contributed by atoms with Crippen molar-refractivity contribution in [3.05, 3.63) is 29.6 Å². The minimum absolute atomic E-state index is 0.133. The Bertz CT molecular complexity index is 522. The van der Waals surface area contributed by atoms with Crippen LogP contribution in [-0.2, 0) is 0 Å². The second-order valence-electron chi connectivity index (χ2n) is 7.07. The fourth-order valence-electron chi connectivity index (χ4n) is 3.31. The van der Waals surface area contributed by atoms with Gasteiger partial charge in [0.05, 0.1) is 5.56 Å². The molecule has 1 aliphatic carbocycles. The molecule has 1 aromatic rings. The summed E-state index contributed by atoms with van der Waals surface area (Å²) in [4.78, 5) is 12.4. The molecule has 0 radical (unpaired) electrons. The monoisotopic (exact) mass is 292 g/mol. The van der Waals surface area contributed by atoms with Gasteiger partial charge in [0.1, 0.15) is 5.82 Å². The van der Waals surface area contributed by atoms with Gasteiger partial charge in [-0.25, -0.2) is 4.39 Å². The third kappa shape index (κ3) is 3.74. The number of carbonyl (C=O) groups is 1. The van der Waals surface area contributed by atoms with Crippen LogP contribution in [0.2, 0.25) is 0 Å². The molecule has 1 saturated carbocycles. The molecule has 3 nitrogen and oxygen atoms in total. The fourth-order valence-corrected chi connectivity index (χ4v) is 3.31. The summed E-state index contributed by atoms with van der Waals surface area (Å²) in [6.45, 7) is 6.62. The van der Waals surface area contributed by atoms with Crippen LogP contribution in [-0.4, -0.2) is 11.9 Å². The molecule has 2 atom stereocenters. The highest BCUT2D eigenvalue weighted by Gasteiger charge is 2.35. The first kappa shape index (κ1) is 15.8. The molecule has 4 heteroatoms. The summed E-state index contributed by atoms with van der Waals surface area (Å²) in [7, 11) is 0. The van der Waals surface area contributed by atoms with Crippen molar-refractivity contribution in [2.24, 2.45) is 11.3 Å².